The average molecular weight is 397 g/mol. The van der Waals surface area contributed by atoms with Gasteiger partial charge in [-0.1, -0.05) is 12.1 Å². The van der Waals surface area contributed by atoms with E-state index in [2.05, 4.69) is 22.2 Å². The highest BCUT2D eigenvalue weighted by molar-refractivity contribution is 6.23. The number of hydrogen-bond donors (Lipinski definition) is 3. The van der Waals surface area contributed by atoms with Crippen molar-refractivity contribution in [2.45, 2.75) is 6.10 Å². The lowest BCUT2D eigenvalue weighted by atomic mass is 10.1. The summed E-state index contributed by atoms with van der Waals surface area (Å²) in [7, 11) is 2.08. The van der Waals surface area contributed by atoms with Crippen molar-refractivity contribution in [2.75, 3.05) is 45.5 Å². The Morgan fingerprint density at radius 1 is 1.07 bits per heavy atom. The van der Waals surface area contributed by atoms with Crippen molar-refractivity contribution in [3.63, 3.8) is 0 Å². The zero-order chi connectivity index (χ0) is 20.7. The molecule has 4 rings (SSSR count). The molecule has 0 bridgehead atoms. The Balaban J connectivity index is 1.57. The second-order valence-corrected chi connectivity index (χ2v) is 7.49. The smallest absolute Gasteiger partial charge is 0.262 e. The number of carbonyl (C=O) groups is 2. The Bertz CT molecular complexity index is 1020. The SMILES string of the molecule is CN1CCN(CC(O)c2ccc(-n3c(N)c4c(cc3=O)C(=O)NC4=O)cc2)CC1. The first-order chi connectivity index (χ1) is 13.8. The molecule has 9 heteroatoms. The van der Waals surface area contributed by atoms with Crippen molar-refractivity contribution in [1.82, 2.24) is 19.7 Å². The number of nitrogen functional groups attached to an aromatic ring is 1. The summed E-state index contributed by atoms with van der Waals surface area (Å²) in [5.41, 5.74) is 6.73. The van der Waals surface area contributed by atoms with Crippen LogP contribution in [0.4, 0.5) is 5.82 Å². The Labute approximate surface area is 167 Å². The summed E-state index contributed by atoms with van der Waals surface area (Å²) < 4.78 is 1.19. The quantitative estimate of drug-likeness (QED) is 0.600. The number of imide groups is 1. The van der Waals surface area contributed by atoms with E-state index in [4.69, 9.17) is 5.73 Å². The van der Waals surface area contributed by atoms with Crippen LogP contribution < -0.4 is 16.6 Å². The molecule has 2 aliphatic rings. The van der Waals surface area contributed by atoms with Crippen LogP contribution in [0.25, 0.3) is 5.69 Å². The van der Waals surface area contributed by atoms with Gasteiger partial charge in [0.2, 0.25) is 0 Å². The zero-order valence-corrected chi connectivity index (χ0v) is 16.1. The molecule has 1 aromatic heterocycles. The van der Waals surface area contributed by atoms with Crippen LogP contribution in [0.15, 0.2) is 35.1 Å². The third-order valence-electron chi connectivity index (χ3n) is 5.52. The molecule has 4 N–H and O–H groups in total. The van der Waals surface area contributed by atoms with Crippen LogP contribution in [0.2, 0.25) is 0 Å². The number of piperazine rings is 1. The number of benzene rings is 1. The van der Waals surface area contributed by atoms with Crippen LogP contribution in [0, 0.1) is 0 Å². The molecular weight excluding hydrogens is 374 g/mol. The van der Waals surface area contributed by atoms with E-state index in [1.807, 2.05) is 0 Å². The van der Waals surface area contributed by atoms with Gasteiger partial charge in [0.1, 0.15) is 5.82 Å². The maximum atomic E-state index is 12.5. The number of likely N-dealkylation sites (N-methyl/N-ethyl adjacent to an activating group) is 1. The Morgan fingerprint density at radius 2 is 1.72 bits per heavy atom. The topological polar surface area (TPSA) is 121 Å². The standard InChI is InChI=1S/C20H23N5O4/c1-23-6-8-24(9-7-23)11-15(26)12-2-4-13(5-3-12)25-16(27)10-14-17(18(25)21)20(29)22-19(14)28/h2-5,10,15,26H,6-9,11,21H2,1H3,(H,22,28,29). The highest BCUT2D eigenvalue weighted by Gasteiger charge is 2.31. The first-order valence-corrected chi connectivity index (χ1v) is 9.45. The van der Waals surface area contributed by atoms with Gasteiger partial charge in [-0.05, 0) is 24.7 Å². The van der Waals surface area contributed by atoms with Gasteiger partial charge in [-0.3, -0.25) is 29.2 Å². The number of hydrogen-bond acceptors (Lipinski definition) is 7. The summed E-state index contributed by atoms with van der Waals surface area (Å²) in [6.07, 6.45) is -0.648. The molecule has 3 heterocycles. The molecule has 1 atom stereocenters. The van der Waals surface area contributed by atoms with E-state index in [1.54, 1.807) is 24.3 Å². The van der Waals surface area contributed by atoms with E-state index in [-0.39, 0.29) is 16.9 Å². The molecule has 152 valence electrons. The number of amides is 2. The molecule has 2 aromatic rings. The van der Waals surface area contributed by atoms with Crippen molar-refractivity contribution in [3.8, 4) is 5.69 Å². The number of carbonyl (C=O) groups excluding carboxylic acids is 2. The van der Waals surface area contributed by atoms with Gasteiger partial charge in [-0.15, -0.1) is 0 Å². The molecule has 1 unspecified atom stereocenters. The number of aliphatic hydroxyl groups excluding tert-OH is 1. The summed E-state index contributed by atoms with van der Waals surface area (Å²) in [5.74, 6) is -1.32. The number of β-amino-alcohol motifs (C(OH)–C–C–N with tert-alkyl or cyclic N) is 1. The van der Waals surface area contributed by atoms with E-state index in [9.17, 15) is 19.5 Å². The van der Waals surface area contributed by atoms with E-state index >= 15 is 0 Å². The minimum Gasteiger partial charge on any atom is -0.387 e. The summed E-state index contributed by atoms with van der Waals surface area (Å²) >= 11 is 0. The molecule has 9 nitrogen and oxygen atoms in total. The highest BCUT2D eigenvalue weighted by Crippen LogP contribution is 2.24. The normalized spacial score (nSPS) is 18.6. The predicted molar refractivity (Wildman–Crippen MR) is 107 cm³/mol. The lowest BCUT2D eigenvalue weighted by Gasteiger charge is -2.33. The number of fused-ring (bicyclic) bond motifs is 1. The van der Waals surface area contributed by atoms with Crippen LogP contribution in [0.3, 0.4) is 0 Å². The predicted octanol–water partition coefficient (Wildman–Crippen LogP) is -0.416. The molecule has 0 saturated carbocycles. The first kappa shape index (κ1) is 19.3. The van der Waals surface area contributed by atoms with Gasteiger partial charge in [0.25, 0.3) is 17.4 Å². The Kier molecular flexibility index (Phi) is 4.95. The first-order valence-electron chi connectivity index (χ1n) is 9.45. The number of pyridine rings is 1. The summed E-state index contributed by atoms with van der Waals surface area (Å²) in [6, 6.07) is 7.92. The number of nitrogens with one attached hydrogen (secondary N) is 1. The maximum absolute atomic E-state index is 12.5. The van der Waals surface area contributed by atoms with Crippen LogP contribution in [0.1, 0.15) is 32.4 Å². The van der Waals surface area contributed by atoms with Crippen molar-refractivity contribution < 1.29 is 14.7 Å². The monoisotopic (exact) mass is 397 g/mol. The fourth-order valence-corrected chi connectivity index (χ4v) is 3.77. The molecule has 0 aliphatic carbocycles. The fourth-order valence-electron chi connectivity index (χ4n) is 3.77. The van der Waals surface area contributed by atoms with Gasteiger partial charge in [0, 0.05) is 38.8 Å². The lowest BCUT2D eigenvalue weighted by molar-refractivity contribution is 0.0805. The van der Waals surface area contributed by atoms with Gasteiger partial charge < -0.3 is 15.7 Å². The fraction of sp³-hybridized carbons (Fsp3) is 0.350. The molecule has 2 aliphatic heterocycles. The highest BCUT2D eigenvalue weighted by atomic mass is 16.3. The molecule has 0 radical (unpaired) electrons. The van der Waals surface area contributed by atoms with Crippen molar-refractivity contribution in [2.24, 2.45) is 0 Å². The van der Waals surface area contributed by atoms with E-state index < -0.39 is 23.5 Å². The Morgan fingerprint density at radius 3 is 2.38 bits per heavy atom. The van der Waals surface area contributed by atoms with Crippen molar-refractivity contribution in [1.29, 1.82) is 0 Å². The van der Waals surface area contributed by atoms with Crippen LogP contribution in [-0.2, 0) is 0 Å². The minimum absolute atomic E-state index is 0.00651. The number of nitrogens with zero attached hydrogens (tertiary/aromatic N) is 3. The molecule has 1 fully saturated rings. The summed E-state index contributed by atoms with van der Waals surface area (Å²) in [5, 5.41) is 12.7. The number of anilines is 1. The third-order valence-corrected chi connectivity index (χ3v) is 5.52. The molecular formula is C20H23N5O4. The van der Waals surface area contributed by atoms with Gasteiger partial charge in [-0.25, -0.2) is 0 Å². The Hall–Kier alpha value is -3.01. The van der Waals surface area contributed by atoms with Gasteiger partial charge in [-0.2, -0.15) is 0 Å². The number of aromatic nitrogens is 1. The summed E-state index contributed by atoms with van der Waals surface area (Å²) in [4.78, 5) is 40.7. The van der Waals surface area contributed by atoms with Crippen LogP contribution in [0.5, 0.6) is 0 Å². The third kappa shape index (κ3) is 3.55. The molecule has 1 aromatic carbocycles. The van der Waals surface area contributed by atoms with Crippen LogP contribution >= 0.6 is 0 Å². The number of aliphatic hydroxyl groups is 1. The lowest BCUT2D eigenvalue weighted by Crippen LogP contribution is -2.45. The number of rotatable bonds is 4. The van der Waals surface area contributed by atoms with Crippen LogP contribution in [-0.4, -0.2) is 71.1 Å². The summed E-state index contributed by atoms with van der Waals surface area (Å²) in [6.45, 7) is 4.31. The second-order valence-electron chi connectivity index (χ2n) is 7.49. The van der Waals surface area contributed by atoms with Gasteiger partial charge >= 0.3 is 0 Å². The molecule has 29 heavy (non-hydrogen) atoms. The van der Waals surface area contributed by atoms with Crippen molar-refractivity contribution >= 4 is 17.6 Å². The van der Waals surface area contributed by atoms with E-state index in [0.717, 1.165) is 37.8 Å². The van der Waals surface area contributed by atoms with Gasteiger partial charge in [0.15, 0.2) is 0 Å². The number of nitrogens with two attached hydrogens (primary N) is 1. The zero-order valence-electron chi connectivity index (χ0n) is 16.1. The largest absolute Gasteiger partial charge is 0.387 e. The van der Waals surface area contributed by atoms with E-state index in [1.165, 1.54) is 4.57 Å². The average Bonchev–Trinajstić information content (AvgIpc) is 2.97. The van der Waals surface area contributed by atoms with E-state index in [0.29, 0.717) is 12.2 Å². The molecule has 0 spiro atoms. The minimum atomic E-state index is -0.648. The maximum Gasteiger partial charge on any atom is 0.262 e. The molecule has 1 saturated heterocycles. The second kappa shape index (κ2) is 7.43. The van der Waals surface area contributed by atoms with Gasteiger partial charge in [0.05, 0.1) is 22.9 Å². The van der Waals surface area contributed by atoms with Crippen molar-refractivity contribution in [3.05, 3.63) is 57.4 Å². The molecule has 2 amide bonds.